The fraction of sp³-hybridized carbons (Fsp3) is 0.177. The van der Waals surface area contributed by atoms with E-state index in [0.717, 1.165) is 22.4 Å². The first-order chi connectivity index (χ1) is 30.6. The molecule has 1 nitrogen and oxygen atoms in total. The van der Waals surface area contributed by atoms with E-state index in [-0.39, 0.29) is 10.8 Å². The van der Waals surface area contributed by atoms with E-state index in [4.69, 9.17) is 0 Å². The number of rotatable bonds is 8. The second-order valence-electron chi connectivity index (χ2n) is 17.2. The SMILES string of the molecule is C=N/C(=C\C(=C)/C(C)=C/C=C\C)c1ccccc1.CCC.Cc1ccc2c(c1-c1ccc3c(c1C)-c1ccccc1C3(c1ccccc1)c1ccccc1)-c1ccccc1C2(C)C. The molecule has 0 fully saturated rings. The lowest BCUT2D eigenvalue weighted by Gasteiger charge is -2.34. The zero-order valence-corrected chi connectivity index (χ0v) is 38.5. The second kappa shape index (κ2) is 19.1. The van der Waals surface area contributed by atoms with Gasteiger partial charge in [-0.1, -0.05) is 223 Å². The Bertz CT molecular complexity index is 2810. The number of hydrogen-bond acceptors (Lipinski definition) is 1. The summed E-state index contributed by atoms with van der Waals surface area (Å²) in [7, 11) is 0. The van der Waals surface area contributed by atoms with Crippen LogP contribution >= 0.6 is 0 Å². The van der Waals surface area contributed by atoms with Crippen LogP contribution in [-0.4, -0.2) is 6.72 Å². The average molecular weight is 820 g/mol. The molecule has 0 heterocycles. The molecule has 9 rings (SSSR count). The van der Waals surface area contributed by atoms with Gasteiger partial charge in [0.05, 0.1) is 11.1 Å². The van der Waals surface area contributed by atoms with Gasteiger partial charge < -0.3 is 0 Å². The highest BCUT2D eigenvalue weighted by molar-refractivity contribution is 5.98. The summed E-state index contributed by atoms with van der Waals surface area (Å²) in [5.74, 6) is 0. The van der Waals surface area contributed by atoms with Gasteiger partial charge in [-0.25, -0.2) is 0 Å². The molecule has 0 saturated heterocycles. The van der Waals surface area contributed by atoms with E-state index in [1.54, 1.807) is 0 Å². The molecule has 63 heavy (non-hydrogen) atoms. The van der Waals surface area contributed by atoms with E-state index in [9.17, 15) is 0 Å². The third-order valence-corrected chi connectivity index (χ3v) is 12.7. The molecule has 0 radical (unpaired) electrons. The Hall–Kier alpha value is -6.83. The molecule has 314 valence electrons. The van der Waals surface area contributed by atoms with Crippen LogP contribution in [0.5, 0.6) is 0 Å². The molecule has 1 heteroatoms. The van der Waals surface area contributed by atoms with E-state index in [1.807, 2.05) is 68.5 Å². The lowest BCUT2D eigenvalue weighted by Crippen LogP contribution is -2.28. The summed E-state index contributed by atoms with van der Waals surface area (Å²) < 4.78 is 0. The van der Waals surface area contributed by atoms with Crippen molar-refractivity contribution < 1.29 is 0 Å². The average Bonchev–Trinajstić information content (AvgIpc) is 3.75. The lowest BCUT2D eigenvalue weighted by molar-refractivity contribution is 0.660. The van der Waals surface area contributed by atoms with Crippen LogP contribution in [-0.2, 0) is 10.8 Å². The van der Waals surface area contributed by atoms with Crippen LogP contribution in [0.1, 0.15) is 98.0 Å². The minimum atomic E-state index is -0.375. The van der Waals surface area contributed by atoms with Crippen molar-refractivity contribution in [2.45, 2.75) is 72.6 Å². The molecule has 0 bridgehead atoms. The number of nitrogens with zero attached hydrogens (tertiary/aromatic N) is 1. The van der Waals surface area contributed by atoms with Gasteiger partial charge in [-0.15, -0.1) is 0 Å². The van der Waals surface area contributed by atoms with Crippen LogP contribution in [0.4, 0.5) is 0 Å². The quantitative estimate of drug-likeness (QED) is 0.107. The molecular weight excluding hydrogens is 759 g/mol. The van der Waals surface area contributed by atoms with Crippen molar-refractivity contribution in [1.82, 2.24) is 0 Å². The molecule has 0 saturated carbocycles. The number of fused-ring (bicyclic) bond motifs is 6. The van der Waals surface area contributed by atoms with Crippen LogP contribution in [0.3, 0.4) is 0 Å². The molecule has 0 spiro atoms. The molecule has 0 aliphatic heterocycles. The van der Waals surface area contributed by atoms with E-state index in [1.165, 1.54) is 84.3 Å². The Morgan fingerprint density at radius 2 is 1.08 bits per heavy atom. The lowest BCUT2D eigenvalue weighted by atomic mass is 9.67. The van der Waals surface area contributed by atoms with Gasteiger partial charge in [-0.05, 0) is 130 Å². The molecule has 0 N–H and O–H groups in total. The zero-order valence-electron chi connectivity index (χ0n) is 38.5. The Balaban J connectivity index is 0.000000239. The summed E-state index contributed by atoms with van der Waals surface area (Å²) >= 11 is 0. The van der Waals surface area contributed by atoms with E-state index in [0.29, 0.717) is 0 Å². The van der Waals surface area contributed by atoms with Gasteiger partial charge in [0.1, 0.15) is 0 Å². The van der Waals surface area contributed by atoms with Crippen LogP contribution in [0, 0.1) is 13.8 Å². The summed E-state index contributed by atoms with van der Waals surface area (Å²) in [5.41, 5.74) is 22.6. The third kappa shape index (κ3) is 8.05. The summed E-state index contributed by atoms with van der Waals surface area (Å²) in [4.78, 5) is 4.07. The zero-order chi connectivity index (χ0) is 44.7. The first-order valence-electron chi connectivity index (χ1n) is 22.4. The maximum Gasteiger partial charge on any atom is 0.0713 e. The minimum absolute atomic E-state index is 0.0264. The van der Waals surface area contributed by atoms with Gasteiger partial charge in [-0.2, -0.15) is 0 Å². The van der Waals surface area contributed by atoms with E-state index >= 15 is 0 Å². The topological polar surface area (TPSA) is 12.4 Å². The first kappa shape index (κ1) is 44.2. The van der Waals surface area contributed by atoms with Gasteiger partial charge in [0, 0.05) is 11.0 Å². The third-order valence-electron chi connectivity index (χ3n) is 12.7. The Kier molecular flexibility index (Phi) is 13.4. The molecular formula is C62H61N. The summed E-state index contributed by atoms with van der Waals surface area (Å²) in [6.45, 7) is 25.3. The van der Waals surface area contributed by atoms with Crippen molar-refractivity contribution in [2.24, 2.45) is 4.99 Å². The largest absolute Gasteiger partial charge is 0.264 e. The highest BCUT2D eigenvalue weighted by Crippen LogP contribution is 2.59. The summed E-state index contributed by atoms with van der Waals surface area (Å²) in [6, 6.07) is 59.8. The maximum atomic E-state index is 4.07. The van der Waals surface area contributed by atoms with Crippen LogP contribution in [0.15, 0.2) is 211 Å². The highest BCUT2D eigenvalue weighted by atomic mass is 14.7. The van der Waals surface area contributed by atoms with Crippen LogP contribution in [0.2, 0.25) is 0 Å². The van der Waals surface area contributed by atoms with Crippen molar-refractivity contribution in [2.75, 3.05) is 0 Å². The van der Waals surface area contributed by atoms with Crippen molar-refractivity contribution in [3.05, 3.63) is 256 Å². The van der Waals surface area contributed by atoms with Gasteiger partial charge in [0.15, 0.2) is 0 Å². The van der Waals surface area contributed by atoms with E-state index < -0.39 is 0 Å². The van der Waals surface area contributed by atoms with Crippen molar-refractivity contribution in [1.29, 1.82) is 0 Å². The van der Waals surface area contributed by atoms with Gasteiger partial charge in [0.2, 0.25) is 0 Å². The standard InChI is InChI=1S/C42H34.C17H19N.C3H8/c1-27-23-25-36-40(32-19-11-13-21-34(32)41(36,3)4)38(27)31-24-26-37-39(28(31)2)33-20-12-14-22-35(33)42(37,29-15-7-5-8-16-29)30-17-9-6-10-18-30;1-5-6-10-14(2)15(3)13-17(18-4)16-11-8-7-9-12-16;1-3-2/h5-26H,1-4H3;5-13H,3-4H2,1-2H3;3H2,1-2H3/b;6-5-,14-10+,17-13-;. The smallest absolute Gasteiger partial charge is 0.0713 e. The molecule has 7 aromatic rings. The fourth-order valence-corrected chi connectivity index (χ4v) is 9.68. The van der Waals surface area contributed by atoms with Gasteiger partial charge in [-0.3, -0.25) is 4.99 Å². The number of hydrogen-bond donors (Lipinski definition) is 0. The van der Waals surface area contributed by atoms with Crippen LogP contribution in [0.25, 0.3) is 39.1 Å². The molecule has 2 aliphatic rings. The predicted molar refractivity (Wildman–Crippen MR) is 274 cm³/mol. The second-order valence-corrected chi connectivity index (χ2v) is 17.2. The van der Waals surface area contributed by atoms with Crippen molar-refractivity contribution >= 4 is 12.4 Å². The molecule has 0 unspecified atom stereocenters. The first-order valence-corrected chi connectivity index (χ1v) is 22.4. The molecule has 7 aromatic carbocycles. The number of allylic oxidation sites excluding steroid dienone is 6. The molecule has 2 aliphatic carbocycles. The van der Waals surface area contributed by atoms with Crippen molar-refractivity contribution in [3.8, 4) is 33.4 Å². The summed E-state index contributed by atoms with van der Waals surface area (Å²) in [5, 5.41) is 0. The monoisotopic (exact) mass is 819 g/mol. The maximum absolute atomic E-state index is 4.07. The predicted octanol–water partition coefficient (Wildman–Crippen LogP) is 16.9. The molecule has 0 aromatic heterocycles. The normalized spacial score (nSPS) is 14.0. The number of aliphatic imine (C=N–C) groups is 1. The minimum Gasteiger partial charge on any atom is -0.264 e. The molecule has 0 atom stereocenters. The van der Waals surface area contributed by atoms with Gasteiger partial charge in [0.25, 0.3) is 0 Å². The number of benzene rings is 7. The highest BCUT2D eigenvalue weighted by Gasteiger charge is 2.47. The number of aryl methyl sites for hydroxylation is 1. The van der Waals surface area contributed by atoms with Crippen molar-refractivity contribution in [3.63, 3.8) is 0 Å². The molecule has 0 amide bonds. The van der Waals surface area contributed by atoms with Gasteiger partial charge >= 0.3 is 0 Å². The van der Waals surface area contributed by atoms with E-state index in [2.05, 4.69) is 193 Å². The Morgan fingerprint density at radius 1 is 0.571 bits per heavy atom. The van der Waals surface area contributed by atoms with Crippen LogP contribution < -0.4 is 0 Å². The summed E-state index contributed by atoms with van der Waals surface area (Å²) in [6.07, 6.45) is 9.23. The fourth-order valence-electron chi connectivity index (χ4n) is 9.68. The Labute approximate surface area is 377 Å². The Morgan fingerprint density at radius 3 is 1.65 bits per heavy atom.